The zero-order valence-corrected chi connectivity index (χ0v) is 17.3. The molecular formula is C23H31N3O3. The van der Waals surface area contributed by atoms with Crippen LogP contribution in [0.2, 0.25) is 0 Å². The van der Waals surface area contributed by atoms with Gasteiger partial charge in [-0.05, 0) is 56.1 Å². The zero-order valence-electron chi connectivity index (χ0n) is 17.3. The Morgan fingerprint density at radius 3 is 2.45 bits per heavy atom. The number of nitrogens with zero attached hydrogens (tertiary/aromatic N) is 1. The minimum Gasteiger partial charge on any atom is -0.468 e. The molecule has 1 aliphatic heterocycles. The summed E-state index contributed by atoms with van der Waals surface area (Å²) in [7, 11) is 0. The molecule has 1 aromatic carbocycles. The van der Waals surface area contributed by atoms with Gasteiger partial charge in [-0.25, -0.2) is 0 Å². The van der Waals surface area contributed by atoms with E-state index in [1.54, 1.807) is 18.4 Å². The second kappa shape index (κ2) is 10.3. The number of furan rings is 1. The first-order chi connectivity index (χ1) is 14.1. The summed E-state index contributed by atoms with van der Waals surface area (Å²) in [6, 6.07) is 12.3. The van der Waals surface area contributed by atoms with Gasteiger partial charge in [-0.15, -0.1) is 0 Å². The fourth-order valence-electron chi connectivity index (χ4n) is 3.77. The highest BCUT2D eigenvalue weighted by molar-refractivity contribution is 5.97. The number of rotatable bonds is 9. The lowest BCUT2D eigenvalue weighted by molar-refractivity contribution is -0.124. The fraction of sp³-hybridized carbons (Fsp3) is 0.478. The van der Waals surface area contributed by atoms with Crippen molar-refractivity contribution >= 4 is 11.8 Å². The quantitative estimate of drug-likeness (QED) is 0.680. The predicted molar refractivity (Wildman–Crippen MR) is 112 cm³/mol. The van der Waals surface area contributed by atoms with Crippen molar-refractivity contribution in [1.29, 1.82) is 0 Å². The van der Waals surface area contributed by atoms with Gasteiger partial charge in [0.25, 0.3) is 5.91 Å². The van der Waals surface area contributed by atoms with E-state index in [-0.39, 0.29) is 23.8 Å². The average molecular weight is 398 g/mol. The lowest BCUT2D eigenvalue weighted by Gasteiger charge is -2.28. The molecule has 1 fully saturated rings. The Morgan fingerprint density at radius 2 is 1.83 bits per heavy atom. The summed E-state index contributed by atoms with van der Waals surface area (Å²) in [6.07, 6.45) is 4.78. The van der Waals surface area contributed by atoms with Crippen molar-refractivity contribution in [2.75, 3.05) is 19.6 Å². The number of carbonyl (C=O) groups excluding carboxylic acids is 2. The molecule has 2 aromatic rings. The molecule has 156 valence electrons. The van der Waals surface area contributed by atoms with Crippen molar-refractivity contribution in [3.05, 3.63) is 60.1 Å². The van der Waals surface area contributed by atoms with Gasteiger partial charge in [0.2, 0.25) is 5.91 Å². The van der Waals surface area contributed by atoms with Crippen LogP contribution in [-0.4, -0.2) is 42.4 Å². The van der Waals surface area contributed by atoms with Gasteiger partial charge >= 0.3 is 0 Å². The van der Waals surface area contributed by atoms with Crippen LogP contribution in [0.15, 0.2) is 53.1 Å². The van der Waals surface area contributed by atoms with Crippen LogP contribution in [-0.2, 0) is 4.79 Å². The second-order valence-electron chi connectivity index (χ2n) is 7.72. The van der Waals surface area contributed by atoms with Crippen LogP contribution in [0.1, 0.15) is 55.3 Å². The minimum absolute atomic E-state index is 0.0128. The molecule has 3 atom stereocenters. The minimum atomic E-state index is -0.580. The Labute approximate surface area is 172 Å². The molecule has 0 aliphatic carbocycles. The molecule has 2 amide bonds. The predicted octanol–water partition coefficient (Wildman–Crippen LogP) is 3.38. The molecule has 2 N–H and O–H groups in total. The van der Waals surface area contributed by atoms with Gasteiger partial charge in [0.15, 0.2) is 0 Å². The summed E-state index contributed by atoms with van der Waals surface area (Å²) >= 11 is 0. The topological polar surface area (TPSA) is 74.6 Å². The summed E-state index contributed by atoms with van der Waals surface area (Å²) in [5, 5.41) is 5.99. The Balaban J connectivity index is 1.66. The monoisotopic (exact) mass is 397 g/mol. The Hall–Kier alpha value is -2.60. The first kappa shape index (κ1) is 21.1. The molecule has 0 spiro atoms. The molecule has 1 aromatic heterocycles. The van der Waals surface area contributed by atoms with Crippen LogP contribution in [0, 0.1) is 5.92 Å². The van der Waals surface area contributed by atoms with Gasteiger partial charge in [0, 0.05) is 12.1 Å². The molecule has 29 heavy (non-hydrogen) atoms. The van der Waals surface area contributed by atoms with Gasteiger partial charge in [-0.1, -0.05) is 38.5 Å². The van der Waals surface area contributed by atoms with Crippen LogP contribution in [0.25, 0.3) is 0 Å². The molecule has 3 rings (SSSR count). The van der Waals surface area contributed by atoms with Crippen LogP contribution < -0.4 is 10.6 Å². The van der Waals surface area contributed by atoms with E-state index in [2.05, 4.69) is 15.5 Å². The van der Waals surface area contributed by atoms with Crippen molar-refractivity contribution in [2.24, 2.45) is 5.92 Å². The molecule has 1 saturated heterocycles. The van der Waals surface area contributed by atoms with E-state index in [0.717, 1.165) is 38.1 Å². The Kier molecular flexibility index (Phi) is 7.47. The molecule has 1 aliphatic rings. The van der Waals surface area contributed by atoms with E-state index in [1.165, 1.54) is 0 Å². The molecule has 6 heteroatoms. The standard InChI is InChI=1S/C23H31N3O3/c1-3-17(2)21(25-22(27)18-10-5-4-6-11-18)23(28)24-16-19(20-12-9-15-29-20)26-13-7-8-14-26/h4-6,9-12,15,17,19,21H,3,7-8,13-14,16H2,1-2H3,(H,24,28)(H,25,27). The number of amides is 2. The van der Waals surface area contributed by atoms with Gasteiger partial charge in [-0.2, -0.15) is 0 Å². The first-order valence-corrected chi connectivity index (χ1v) is 10.5. The largest absolute Gasteiger partial charge is 0.468 e. The van der Waals surface area contributed by atoms with Gasteiger partial charge in [-0.3, -0.25) is 14.5 Å². The summed E-state index contributed by atoms with van der Waals surface area (Å²) < 4.78 is 5.63. The third-order valence-electron chi connectivity index (χ3n) is 5.74. The third kappa shape index (κ3) is 5.48. The van der Waals surface area contributed by atoms with E-state index < -0.39 is 6.04 Å². The average Bonchev–Trinajstić information content (AvgIpc) is 3.47. The molecular weight excluding hydrogens is 366 g/mol. The number of hydrogen-bond acceptors (Lipinski definition) is 4. The summed E-state index contributed by atoms with van der Waals surface area (Å²) in [6.45, 7) is 6.47. The van der Waals surface area contributed by atoms with Crippen LogP contribution >= 0.6 is 0 Å². The van der Waals surface area contributed by atoms with E-state index in [9.17, 15) is 9.59 Å². The van der Waals surface area contributed by atoms with Gasteiger partial charge < -0.3 is 15.1 Å². The molecule has 2 heterocycles. The highest BCUT2D eigenvalue weighted by atomic mass is 16.3. The first-order valence-electron chi connectivity index (χ1n) is 10.5. The van der Waals surface area contributed by atoms with E-state index in [4.69, 9.17) is 4.42 Å². The number of carbonyl (C=O) groups is 2. The van der Waals surface area contributed by atoms with Crippen molar-refractivity contribution in [3.8, 4) is 0 Å². The van der Waals surface area contributed by atoms with Crippen LogP contribution in [0.4, 0.5) is 0 Å². The summed E-state index contributed by atoms with van der Waals surface area (Å²) in [4.78, 5) is 28.0. The van der Waals surface area contributed by atoms with E-state index >= 15 is 0 Å². The van der Waals surface area contributed by atoms with E-state index in [0.29, 0.717) is 12.1 Å². The van der Waals surface area contributed by atoms with Crippen molar-refractivity contribution in [1.82, 2.24) is 15.5 Å². The second-order valence-corrected chi connectivity index (χ2v) is 7.72. The molecule has 0 radical (unpaired) electrons. The fourth-order valence-corrected chi connectivity index (χ4v) is 3.77. The van der Waals surface area contributed by atoms with Crippen molar-refractivity contribution in [3.63, 3.8) is 0 Å². The summed E-state index contributed by atoms with van der Waals surface area (Å²) in [5.74, 6) is 0.504. The Morgan fingerprint density at radius 1 is 1.10 bits per heavy atom. The SMILES string of the molecule is CCC(C)C(NC(=O)c1ccccc1)C(=O)NCC(c1ccco1)N1CCCC1. The van der Waals surface area contributed by atoms with Crippen LogP contribution in [0.3, 0.4) is 0 Å². The number of likely N-dealkylation sites (tertiary alicyclic amines) is 1. The smallest absolute Gasteiger partial charge is 0.251 e. The van der Waals surface area contributed by atoms with E-state index in [1.807, 2.05) is 44.2 Å². The number of nitrogens with one attached hydrogen (secondary N) is 2. The van der Waals surface area contributed by atoms with Gasteiger partial charge in [0.1, 0.15) is 11.8 Å². The van der Waals surface area contributed by atoms with Crippen molar-refractivity contribution in [2.45, 2.75) is 45.2 Å². The molecule has 3 unspecified atom stereocenters. The maximum absolute atomic E-state index is 13.0. The highest BCUT2D eigenvalue weighted by Crippen LogP contribution is 2.25. The maximum Gasteiger partial charge on any atom is 0.251 e. The molecule has 0 bridgehead atoms. The summed E-state index contributed by atoms with van der Waals surface area (Å²) in [5.41, 5.74) is 0.555. The molecule has 6 nitrogen and oxygen atoms in total. The molecule has 0 saturated carbocycles. The Bertz CT molecular complexity index is 770. The van der Waals surface area contributed by atoms with Crippen LogP contribution in [0.5, 0.6) is 0 Å². The lowest BCUT2D eigenvalue weighted by Crippen LogP contribution is -2.51. The zero-order chi connectivity index (χ0) is 20.6. The maximum atomic E-state index is 13.0. The lowest BCUT2D eigenvalue weighted by atomic mass is 9.97. The number of benzene rings is 1. The normalized spacial score (nSPS) is 17.4. The third-order valence-corrected chi connectivity index (χ3v) is 5.74. The highest BCUT2D eigenvalue weighted by Gasteiger charge is 2.30. The van der Waals surface area contributed by atoms with Gasteiger partial charge in [0.05, 0.1) is 12.3 Å². The number of hydrogen-bond donors (Lipinski definition) is 2. The van der Waals surface area contributed by atoms with Crippen molar-refractivity contribution < 1.29 is 14.0 Å².